The molecular formula is C22H36N2O4S. The fourth-order valence-electron chi connectivity index (χ4n) is 4.83. The third-order valence-electron chi connectivity index (χ3n) is 6.60. The summed E-state index contributed by atoms with van der Waals surface area (Å²) >= 11 is 0. The van der Waals surface area contributed by atoms with Crippen LogP contribution in [0, 0.1) is 5.92 Å². The lowest BCUT2D eigenvalue weighted by atomic mass is 9.86. The number of aryl methyl sites for hydroxylation is 1. The second-order valence-electron chi connectivity index (χ2n) is 9.10. The molecule has 1 aliphatic carbocycles. The molecule has 0 bridgehead atoms. The van der Waals surface area contributed by atoms with Crippen LogP contribution in [-0.4, -0.2) is 38.0 Å². The fraction of sp³-hybridized carbons (Fsp3) is 0.773. The van der Waals surface area contributed by atoms with Crippen molar-refractivity contribution in [3.8, 4) is 0 Å². The van der Waals surface area contributed by atoms with Crippen LogP contribution in [-0.2, 0) is 21.2 Å². The fourth-order valence-corrected chi connectivity index (χ4v) is 5.66. The van der Waals surface area contributed by atoms with Gasteiger partial charge >= 0.3 is 0 Å². The Morgan fingerprint density at radius 3 is 2.45 bits per heavy atom. The second-order valence-corrected chi connectivity index (χ2v) is 10.9. The van der Waals surface area contributed by atoms with Gasteiger partial charge in [-0.15, -0.1) is 0 Å². The smallest absolute Gasteiger partial charge is 0.254 e. The molecular weight excluding hydrogens is 388 g/mol. The van der Waals surface area contributed by atoms with Gasteiger partial charge in [0.1, 0.15) is 0 Å². The van der Waals surface area contributed by atoms with Crippen molar-refractivity contribution in [2.45, 2.75) is 89.8 Å². The van der Waals surface area contributed by atoms with Crippen molar-refractivity contribution >= 4 is 10.0 Å². The van der Waals surface area contributed by atoms with Crippen molar-refractivity contribution in [3.05, 3.63) is 33.7 Å². The summed E-state index contributed by atoms with van der Waals surface area (Å²) in [4.78, 5) is 13.2. The van der Waals surface area contributed by atoms with E-state index in [1.54, 1.807) is 4.57 Å². The largest absolute Gasteiger partial charge is 0.376 e. The number of nitrogens with zero attached hydrogens (tertiary/aromatic N) is 1. The third kappa shape index (κ3) is 5.50. The topological polar surface area (TPSA) is 77.4 Å². The van der Waals surface area contributed by atoms with Crippen LogP contribution in [0.25, 0.3) is 0 Å². The van der Waals surface area contributed by atoms with Crippen molar-refractivity contribution in [3.63, 3.8) is 0 Å². The van der Waals surface area contributed by atoms with Crippen LogP contribution in [0.15, 0.2) is 16.9 Å². The minimum Gasteiger partial charge on any atom is -0.376 e. The van der Waals surface area contributed by atoms with Gasteiger partial charge in [0.15, 0.2) is 0 Å². The number of hydrogen-bond donors (Lipinski definition) is 1. The predicted molar refractivity (Wildman–Crippen MR) is 116 cm³/mol. The summed E-state index contributed by atoms with van der Waals surface area (Å²) in [5, 5.41) is 0. The van der Waals surface area contributed by atoms with E-state index in [2.05, 4.69) is 11.6 Å². The Hall–Kier alpha value is -1.18. The Kier molecular flexibility index (Phi) is 7.23. The number of sulfonamides is 1. The highest BCUT2D eigenvalue weighted by molar-refractivity contribution is 7.88. The molecule has 7 heteroatoms. The van der Waals surface area contributed by atoms with Crippen molar-refractivity contribution in [2.24, 2.45) is 5.92 Å². The van der Waals surface area contributed by atoms with Crippen LogP contribution in [0.5, 0.6) is 0 Å². The molecule has 0 aromatic carbocycles. The van der Waals surface area contributed by atoms with Crippen molar-refractivity contribution in [1.29, 1.82) is 0 Å². The van der Waals surface area contributed by atoms with Crippen LogP contribution in [0.3, 0.4) is 0 Å². The molecule has 1 fully saturated rings. The van der Waals surface area contributed by atoms with Crippen LogP contribution in [0.1, 0.15) is 82.5 Å². The maximum absolute atomic E-state index is 13.2. The van der Waals surface area contributed by atoms with E-state index in [0.29, 0.717) is 19.4 Å². The predicted octanol–water partition coefficient (Wildman–Crippen LogP) is 3.36. The maximum Gasteiger partial charge on any atom is 0.254 e. The van der Waals surface area contributed by atoms with E-state index in [1.807, 2.05) is 26.0 Å². The average molecular weight is 425 g/mol. The van der Waals surface area contributed by atoms with E-state index in [0.717, 1.165) is 30.0 Å². The van der Waals surface area contributed by atoms with Gasteiger partial charge < -0.3 is 9.30 Å². The number of ether oxygens (including phenoxy) is 1. The number of fused-ring (bicyclic) bond motifs is 1. The van der Waals surface area contributed by atoms with Crippen LogP contribution >= 0.6 is 0 Å². The molecule has 3 rings (SSSR count). The molecule has 0 spiro atoms. The molecule has 1 N–H and O–H groups in total. The molecule has 2 atom stereocenters. The molecule has 29 heavy (non-hydrogen) atoms. The first-order valence-corrected chi connectivity index (χ1v) is 12.9. The van der Waals surface area contributed by atoms with Gasteiger partial charge in [0.05, 0.1) is 25.0 Å². The van der Waals surface area contributed by atoms with Gasteiger partial charge in [-0.3, -0.25) is 4.79 Å². The summed E-state index contributed by atoms with van der Waals surface area (Å²) in [6.07, 6.45) is 8.41. The second kappa shape index (κ2) is 9.31. The third-order valence-corrected chi connectivity index (χ3v) is 7.33. The first-order chi connectivity index (χ1) is 13.7. The van der Waals surface area contributed by atoms with E-state index in [9.17, 15) is 13.2 Å². The Balaban J connectivity index is 1.85. The number of rotatable bonds is 7. The number of pyridine rings is 1. The highest BCUT2D eigenvalue weighted by Gasteiger charge is 2.34. The Morgan fingerprint density at radius 2 is 1.86 bits per heavy atom. The monoisotopic (exact) mass is 424 g/mol. The standard InChI is InChI=1S/C22H36N2O4S/c1-5-16-6-10-18(11-7-16)28-14-21-20(23-29(4,26)27)13-9-17-8-12-19(15(2)3)22(25)24(17)21/h8,12,15-16,18,20-21,23H,5-7,9-11,13-14H2,1-4H3. The van der Waals surface area contributed by atoms with E-state index in [4.69, 9.17) is 4.74 Å². The van der Waals surface area contributed by atoms with E-state index in [-0.39, 0.29) is 29.7 Å². The lowest BCUT2D eigenvalue weighted by Gasteiger charge is -2.37. The van der Waals surface area contributed by atoms with Crippen LogP contribution in [0.4, 0.5) is 0 Å². The van der Waals surface area contributed by atoms with Gasteiger partial charge in [0.2, 0.25) is 10.0 Å². The Morgan fingerprint density at radius 1 is 1.17 bits per heavy atom. The Bertz CT molecular complexity index is 854. The summed E-state index contributed by atoms with van der Waals surface area (Å²) < 4.78 is 34.7. The van der Waals surface area contributed by atoms with E-state index < -0.39 is 10.0 Å². The number of aromatic nitrogens is 1. The number of nitrogens with one attached hydrogen (secondary N) is 1. The number of hydrogen-bond acceptors (Lipinski definition) is 4. The van der Waals surface area contributed by atoms with Gasteiger partial charge in [0.25, 0.3) is 5.56 Å². The van der Waals surface area contributed by atoms with Crippen molar-refractivity contribution in [1.82, 2.24) is 9.29 Å². The van der Waals surface area contributed by atoms with Crippen molar-refractivity contribution < 1.29 is 13.2 Å². The molecule has 1 saturated carbocycles. The van der Waals surface area contributed by atoms with Gasteiger partial charge in [0, 0.05) is 17.3 Å². The summed E-state index contributed by atoms with van der Waals surface area (Å²) in [6, 6.07) is 3.30. The quantitative estimate of drug-likeness (QED) is 0.728. The van der Waals surface area contributed by atoms with Gasteiger partial charge in [-0.25, -0.2) is 13.1 Å². The summed E-state index contributed by atoms with van der Waals surface area (Å²) in [7, 11) is -3.37. The molecule has 164 valence electrons. The molecule has 0 saturated heterocycles. The lowest BCUT2D eigenvalue weighted by molar-refractivity contribution is -0.00696. The normalized spacial score (nSPS) is 27.8. The van der Waals surface area contributed by atoms with Gasteiger partial charge in [-0.05, 0) is 56.4 Å². The van der Waals surface area contributed by atoms with Crippen LogP contribution in [0.2, 0.25) is 0 Å². The minimum absolute atomic E-state index is 0.0132. The highest BCUT2D eigenvalue weighted by atomic mass is 32.2. The molecule has 2 aliphatic rings. The molecule has 6 nitrogen and oxygen atoms in total. The molecule has 0 amide bonds. The zero-order valence-corrected chi connectivity index (χ0v) is 19.0. The maximum atomic E-state index is 13.2. The SMILES string of the molecule is CCC1CCC(OCC2C(NS(C)(=O)=O)CCc3ccc(C(C)C)c(=O)n32)CC1. The summed E-state index contributed by atoms with van der Waals surface area (Å²) in [5.74, 6) is 0.913. The first-order valence-electron chi connectivity index (χ1n) is 11.0. The van der Waals surface area contributed by atoms with Gasteiger partial charge in [-0.1, -0.05) is 33.3 Å². The van der Waals surface area contributed by atoms with Crippen LogP contribution < -0.4 is 10.3 Å². The van der Waals surface area contributed by atoms with E-state index >= 15 is 0 Å². The van der Waals surface area contributed by atoms with E-state index in [1.165, 1.54) is 25.5 Å². The highest BCUT2D eigenvalue weighted by Crippen LogP contribution is 2.31. The zero-order valence-electron chi connectivity index (χ0n) is 18.2. The summed E-state index contributed by atoms with van der Waals surface area (Å²) in [5.41, 5.74) is 1.72. The molecule has 1 aliphatic heterocycles. The van der Waals surface area contributed by atoms with Gasteiger partial charge in [-0.2, -0.15) is 0 Å². The molecule has 1 aromatic rings. The zero-order chi connectivity index (χ0) is 21.2. The average Bonchev–Trinajstić information content (AvgIpc) is 2.66. The first kappa shape index (κ1) is 22.5. The lowest BCUT2D eigenvalue weighted by Crippen LogP contribution is -2.50. The Labute approximate surface area is 175 Å². The molecule has 2 unspecified atom stereocenters. The minimum atomic E-state index is -3.37. The molecule has 0 radical (unpaired) electrons. The molecule has 1 aromatic heterocycles. The van der Waals surface area contributed by atoms with Crippen molar-refractivity contribution in [2.75, 3.05) is 12.9 Å². The summed E-state index contributed by atoms with van der Waals surface area (Å²) in [6.45, 7) is 6.63. The molecule has 2 heterocycles.